The Hall–Kier alpha value is -8.34. The summed E-state index contributed by atoms with van der Waals surface area (Å²) in [5.74, 6) is 0.663. The molecule has 13 rings (SSSR count). The normalized spacial score (nSPS) is 14.4. The number of aromatic nitrogens is 2. The fraction of sp³-hybridized carbons (Fsp3) is 0.0333. The maximum Gasteiger partial charge on any atom is 0.160 e. The van der Waals surface area contributed by atoms with E-state index in [4.69, 9.17) is 18.8 Å². The van der Waals surface area contributed by atoms with Crippen molar-refractivity contribution in [3.05, 3.63) is 229 Å². The van der Waals surface area contributed by atoms with Gasteiger partial charge in [-0.25, -0.2) is 9.97 Å². The summed E-state index contributed by atoms with van der Waals surface area (Å²) in [5, 5.41) is 4.33. The van der Waals surface area contributed by atoms with Gasteiger partial charge in [0.2, 0.25) is 0 Å². The van der Waals surface area contributed by atoms with Crippen LogP contribution in [0.25, 0.3) is 111 Å². The molecule has 0 aliphatic heterocycles. The van der Waals surface area contributed by atoms with Gasteiger partial charge in [-0.05, 0) is 106 Å². The van der Waals surface area contributed by atoms with E-state index in [1.807, 2.05) is 30.3 Å². The molecule has 1 aliphatic carbocycles. The van der Waals surface area contributed by atoms with E-state index in [-0.39, 0.29) is 5.41 Å². The Balaban J connectivity index is 1.07. The third-order valence-corrected chi connectivity index (χ3v) is 13.4. The molecule has 0 radical (unpaired) electrons. The van der Waals surface area contributed by atoms with Gasteiger partial charge in [-0.3, -0.25) is 0 Å². The number of hydrogen-bond acceptors (Lipinski definition) is 4. The van der Waals surface area contributed by atoms with Crippen LogP contribution in [0.3, 0.4) is 0 Å². The zero-order valence-electron chi connectivity index (χ0n) is 34.9. The summed E-state index contributed by atoms with van der Waals surface area (Å²) in [6, 6.07) is 75.3. The molecule has 1 aliphatic rings. The molecule has 3 heterocycles. The molecule has 0 bridgehead atoms. The molecule has 12 aromatic rings. The van der Waals surface area contributed by atoms with Crippen LogP contribution in [0.1, 0.15) is 23.6 Å². The maximum absolute atomic E-state index is 6.31. The van der Waals surface area contributed by atoms with Crippen molar-refractivity contribution in [2.45, 2.75) is 12.3 Å². The second-order valence-electron chi connectivity index (χ2n) is 17.0. The SMILES string of the molecule is CC1(c2ccccc2)c2ccccc2-c2ccc(-c3cc(-c4c(-c5ccc6oc7ccccc7c6c5)cccc4-c4ccc5oc6ccccc6c5c4)nc(-c4ccccc4)n3)cc21. The number of benzene rings is 9. The lowest BCUT2D eigenvalue weighted by atomic mass is 9.74. The molecule has 1 atom stereocenters. The van der Waals surface area contributed by atoms with Crippen molar-refractivity contribution in [1.82, 2.24) is 9.97 Å². The summed E-state index contributed by atoms with van der Waals surface area (Å²) in [6.45, 7) is 2.36. The van der Waals surface area contributed by atoms with Gasteiger partial charge in [-0.1, -0.05) is 164 Å². The molecular formula is C60H38N2O2. The first-order valence-electron chi connectivity index (χ1n) is 21.8. The van der Waals surface area contributed by atoms with Crippen molar-refractivity contribution >= 4 is 43.9 Å². The lowest BCUT2D eigenvalue weighted by Crippen LogP contribution is -2.22. The molecule has 9 aromatic carbocycles. The van der Waals surface area contributed by atoms with Gasteiger partial charge in [-0.15, -0.1) is 0 Å². The fourth-order valence-electron chi connectivity index (χ4n) is 10.3. The van der Waals surface area contributed by atoms with Gasteiger partial charge in [0.1, 0.15) is 22.3 Å². The predicted molar refractivity (Wildman–Crippen MR) is 261 cm³/mol. The molecule has 0 spiro atoms. The molecule has 0 fully saturated rings. The molecule has 64 heavy (non-hydrogen) atoms. The minimum atomic E-state index is -0.354. The van der Waals surface area contributed by atoms with Crippen molar-refractivity contribution in [2.24, 2.45) is 0 Å². The minimum Gasteiger partial charge on any atom is -0.456 e. The van der Waals surface area contributed by atoms with Gasteiger partial charge in [0, 0.05) is 43.7 Å². The Labute approximate surface area is 369 Å². The van der Waals surface area contributed by atoms with Gasteiger partial charge >= 0.3 is 0 Å². The van der Waals surface area contributed by atoms with Crippen molar-refractivity contribution < 1.29 is 8.83 Å². The molecule has 0 saturated carbocycles. The van der Waals surface area contributed by atoms with Crippen LogP contribution in [0.15, 0.2) is 221 Å². The monoisotopic (exact) mass is 818 g/mol. The Morgan fingerprint density at radius 2 is 0.859 bits per heavy atom. The number of fused-ring (bicyclic) bond motifs is 9. The summed E-state index contributed by atoms with van der Waals surface area (Å²) >= 11 is 0. The van der Waals surface area contributed by atoms with E-state index in [0.29, 0.717) is 5.82 Å². The van der Waals surface area contributed by atoms with Crippen LogP contribution in [0.2, 0.25) is 0 Å². The molecule has 4 heteroatoms. The molecular weight excluding hydrogens is 781 g/mol. The second kappa shape index (κ2) is 14.1. The van der Waals surface area contributed by atoms with Crippen LogP contribution < -0.4 is 0 Å². The molecule has 0 amide bonds. The highest BCUT2D eigenvalue weighted by molar-refractivity contribution is 6.09. The van der Waals surface area contributed by atoms with E-state index in [0.717, 1.165) is 94.2 Å². The zero-order valence-corrected chi connectivity index (χ0v) is 34.9. The first-order chi connectivity index (χ1) is 31.6. The van der Waals surface area contributed by atoms with Crippen LogP contribution in [0.4, 0.5) is 0 Å². The van der Waals surface area contributed by atoms with E-state index in [1.165, 1.54) is 27.8 Å². The molecule has 3 aromatic heterocycles. The molecule has 1 unspecified atom stereocenters. The Kier molecular flexibility index (Phi) is 8.00. The van der Waals surface area contributed by atoms with Crippen LogP contribution in [0.5, 0.6) is 0 Å². The molecule has 0 saturated heterocycles. The van der Waals surface area contributed by atoms with Crippen molar-refractivity contribution in [3.8, 4) is 67.3 Å². The van der Waals surface area contributed by atoms with E-state index in [1.54, 1.807) is 0 Å². The van der Waals surface area contributed by atoms with Crippen LogP contribution >= 0.6 is 0 Å². The Bertz CT molecular complexity index is 3670. The average Bonchev–Trinajstić information content (AvgIpc) is 4.01. The number of para-hydroxylation sites is 2. The number of hydrogen-bond donors (Lipinski definition) is 0. The lowest BCUT2D eigenvalue weighted by Gasteiger charge is -2.28. The summed E-state index contributed by atoms with van der Waals surface area (Å²) in [4.78, 5) is 10.9. The second-order valence-corrected chi connectivity index (χ2v) is 17.0. The standard InChI is InChI=1S/C60H38N2O2/c1-60(41-17-6-3-7-18-41)50-24-11-8-19-44(50)45-30-27-40(35-51(45)60)52-36-53(62-59(61-52)37-15-4-2-5-16-37)58-42(38-28-31-56-48(33-38)46-20-9-12-25-54(46)63-56)22-14-23-43(58)39-29-32-57-49(34-39)47-21-10-13-26-55(47)64-57/h2-36H,1H3. The highest BCUT2D eigenvalue weighted by Gasteiger charge is 2.40. The van der Waals surface area contributed by atoms with Crippen LogP contribution in [-0.2, 0) is 5.41 Å². The zero-order chi connectivity index (χ0) is 42.4. The van der Waals surface area contributed by atoms with Gasteiger partial charge < -0.3 is 8.83 Å². The summed E-state index contributed by atoms with van der Waals surface area (Å²) < 4.78 is 12.6. The average molecular weight is 819 g/mol. The highest BCUT2D eigenvalue weighted by Crippen LogP contribution is 2.53. The largest absolute Gasteiger partial charge is 0.456 e. The van der Waals surface area contributed by atoms with Gasteiger partial charge in [0.05, 0.1) is 11.4 Å². The van der Waals surface area contributed by atoms with Crippen LogP contribution in [0, 0.1) is 0 Å². The quantitative estimate of drug-likeness (QED) is 0.168. The number of rotatable bonds is 6. The molecule has 300 valence electrons. The first-order valence-corrected chi connectivity index (χ1v) is 21.8. The number of furan rings is 2. The van der Waals surface area contributed by atoms with Crippen molar-refractivity contribution in [3.63, 3.8) is 0 Å². The number of nitrogens with zero attached hydrogens (tertiary/aromatic N) is 2. The lowest BCUT2D eigenvalue weighted by molar-refractivity contribution is 0.668. The van der Waals surface area contributed by atoms with E-state index >= 15 is 0 Å². The predicted octanol–water partition coefficient (Wildman–Crippen LogP) is 15.9. The van der Waals surface area contributed by atoms with E-state index in [2.05, 4.69) is 189 Å². The van der Waals surface area contributed by atoms with E-state index in [9.17, 15) is 0 Å². The smallest absolute Gasteiger partial charge is 0.160 e. The van der Waals surface area contributed by atoms with Crippen molar-refractivity contribution in [2.75, 3.05) is 0 Å². The summed E-state index contributed by atoms with van der Waals surface area (Å²) in [7, 11) is 0. The Morgan fingerprint density at radius 1 is 0.344 bits per heavy atom. The third kappa shape index (κ3) is 5.56. The van der Waals surface area contributed by atoms with Gasteiger partial charge in [0.15, 0.2) is 5.82 Å². The summed E-state index contributed by atoms with van der Waals surface area (Å²) in [6.07, 6.45) is 0. The minimum absolute atomic E-state index is 0.354. The maximum atomic E-state index is 6.31. The first kappa shape index (κ1) is 36.3. The fourth-order valence-corrected chi connectivity index (χ4v) is 10.3. The molecule has 4 nitrogen and oxygen atoms in total. The molecule has 0 N–H and O–H groups in total. The topological polar surface area (TPSA) is 52.1 Å². The highest BCUT2D eigenvalue weighted by atomic mass is 16.3. The van der Waals surface area contributed by atoms with Crippen LogP contribution in [-0.4, -0.2) is 9.97 Å². The Morgan fingerprint density at radius 3 is 1.53 bits per heavy atom. The van der Waals surface area contributed by atoms with Gasteiger partial charge in [0.25, 0.3) is 0 Å². The van der Waals surface area contributed by atoms with Crippen molar-refractivity contribution in [1.29, 1.82) is 0 Å². The van der Waals surface area contributed by atoms with E-state index < -0.39 is 0 Å². The third-order valence-electron chi connectivity index (χ3n) is 13.4. The summed E-state index contributed by atoms with van der Waals surface area (Å²) in [5.41, 5.74) is 18.4. The van der Waals surface area contributed by atoms with Gasteiger partial charge in [-0.2, -0.15) is 0 Å².